The average Bonchev–Trinajstić information content (AvgIpc) is 2.86. The van der Waals surface area contributed by atoms with Gasteiger partial charge in [-0.25, -0.2) is 0 Å². The number of carbonyl (C=O) groups is 2. The van der Waals surface area contributed by atoms with Gasteiger partial charge >= 0.3 is 0 Å². The summed E-state index contributed by atoms with van der Waals surface area (Å²) in [6, 6.07) is 16.3. The van der Waals surface area contributed by atoms with E-state index in [4.69, 9.17) is 0 Å². The molecule has 0 saturated heterocycles. The van der Waals surface area contributed by atoms with Crippen LogP contribution in [-0.2, 0) is 5.75 Å². The lowest BCUT2D eigenvalue weighted by Crippen LogP contribution is -2.14. The van der Waals surface area contributed by atoms with Crippen molar-refractivity contribution in [2.24, 2.45) is 15.3 Å². The molecule has 3 aromatic rings. The molecule has 0 bridgehead atoms. The van der Waals surface area contributed by atoms with Gasteiger partial charge in [0.05, 0.1) is 23.6 Å². The molecule has 0 amide bonds. The summed E-state index contributed by atoms with van der Waals surface area (Å²) in [7, 11) is 0. The first-order valence-corrected chi connectivity index (χ1v) is 11.5. The van der Waals surface area contributed by atoms with E-state index >= 15 is 0 Å². The van der Waals surface area contributed by atoms with E-state index in [1.807, 2.05) is 37.3 Å². The molecule has 0 fully saturated rings. The zero-order valence-corrected chi connectivity index (χ0v) is 20.0. The summed E-state index contributed by atoms with van der Waals surface area (Å²) in [5.74, 6) is 0.258. The smallest absolute Gasteiger partial charge is 0.203 e. The Morgan fingerprint density at radius 3 is 1.97 bits per heavy atom. The summed E-state index contributed by atoms with van der Waals surface area (Å²) >= 11 is 1.35. The third-order valence-electron chi connectivity index (χ3n) is 4.81. The van der Waals surface area contributed by atoms with E-state index < -0.39 is 0 Å². The van der Waals surface area contributed by atoms with E-state index in [9.17, 15) is 19.8 Å². The third-order valence-corrected chi connectivity index (χ3v) is 5.73. The molecule has 178 valence electrons. The van der Waals surface area contributed by atoms with Crippen LogP contribution in [-0.4, -0.2) is 40.4 Å². The molecule has 0 aliphatic carbocycles. The van der Waals surface area contributed by atoms with E-state index in [0.717, 1.165) is 16.7 Å². The maximum atomic E-state index is 11.2. The maximum absolute atomic E-state index is 11.2. The number of hydrazone groups is 1. The Hall–Kier alpha value is -4.24. The largest absolute Gasteiger partial charge is 0.507 e. The summed E-state index contributed by atoms with van der Waals surface area (Å²) in [6.07, 6.45) is 3.91. The van der Waals surface area contributed by atoms with Crippen molar-refractivity contribution in [3.8, 4) is 11.5 Å². The predicted molar refractivity (Wildman–Crippen MR) is 140 cm³/mol. The number of amidine groups is 1. The molecule has 0 aliphatic rings. The lowest BCUT2D eigenvalue weighted by Gasteiger charge is -2.06. The Labute approximate surface area is 207 Å². The van der Waals surface area contributed by atoms with Crippen LogP contribution in [0.2, 0.25) is 0 Å². The number of nitrogens with zero attached hydrogens (tertiary/aromatic N) is 3. The molecule has 8 nitrogen and oxygen atoms in total. The van der Waals surface area contributed by atoms with Gasteiger partial charge in [-0.1, -0.05) is 42.1 Å². The van der Waals surface area contributed by atoms with Crippen LogP contribution in [0.25, 0.3) is 0 Å². The number of aldehydes is 2. The van der Waals surface area contributed by atoms with E-state index in [1.165, 1.54) is 24.2 Å². The predicted octanol–water partition coefficient (Wildman–Crippen LogP) is 4.59. The molecule has 0 saturated carbocycles. The van der Waals surface area contributed by atoms with Gasteiger partial charge in [-0.3, -0.25) is 15.0 Å². The average molecular weight is 489 g/mol. The maximum Gasteiger partial charge on any atom is 0.203 e. The van der Waals surface area contributed by atoms with Crippen molar-refractivity contribution >= 4 is 41.9 Å². The number of thioether (sulfide) groups is 1. The van der Waals surface area contributed by atoms with Crippen LogP contribution in [0.1, 0.15) is 48.5 Å². The van der Waals surface area contributed by atoms with Gasteiger partial charge in [0.2, 0.25) is 5.17 Å². The zero-order chi connectivity index (χ0) is 25.2. The van der Waals surface area contributed by atoms with Crippen LogP contribution >= 0.6 is 11.8 Å². The van der Waals surface area contributed by atoms with Gasteiger partial charge in [-0.2, -0.15) is 10.2 Å². The highest BCUT2D eigenvalue weighted by Gasteiger charge is 2.08. The lowest BCUT2D eigenvalue weighted by atomic mass is 10.1. The number of hydrogen-bond acceptors (Lipinski definition) is 8. The van der Waals surface area contributed by atoms with Crippen molar-refractivity contribution in [2.75, 3.05) is 0 Å². The topological polar surface area (TPSA) is 124 Å². The van der Waals surface area contributed by atoms with Crippen LogP contribution in [0.15, 0.2) is 69.9 Å². The van der Waals surface area contributed by atoms with Crippen molar-refractivity contribution < 1.29 is 19.8 Å². The monoisotopic (exact) mass is 488 g/mol. The fraction of sp³-hybridized carbons (Fsp3) is 0.115. The number of benzene rings is 3. The van der Waals surface area contributed by atoms with Gasteiger partial charge in [0.1, 0.15) is 11.5 Å². The number of phenolic OH excluding ortho intramolecular Hbond substituents is 2. The number of hydrogen-bond donors (Lipinski definition) is 3. The number of aromatic hydroxyl groups is 2. The van der Waals surface area contributed by atoms with Crippen molar-refractivity contribution in [1.82, 2.24) is 5.43 Å². The molecule has 3 aromatic carbocycles. The van der Waals surface area contributed by atoms with Crippen LogP contribution in [0, 0.1) is 13.8 Å². The van der Waals surface area contributed by atoms with Gasteiger partial charge in [0, 0.05) is 16.9 Å². The minimum Gasteiger partial charge on any atom is -0.507 e. The first-order valence-electron chi connectivity index (χ1n) is 10.6. The number of aryl methyl sites for hydroxylation is 2. The molecular weight excluding hydrogens is 464 g/mol. The van der Waals surface area contributed by atoms with Gasteiger partial charge < -0.3 is 10.2 Å². The van der Waals surface area contributed by atoms with E-state index in [2.05, 4.69) is 20.7 Å². The molecule has 35 heavy (non-hydrogen) atoms. The van der Waals surface area contributed by atoms with Crippen LogP contribution in [0.3, 0.4) is 0 Å². The molecule has 0 unspecified atom stereocenters. The first-order chi connectivity index (χ1) is 16.9. The van der Waals surface area contributed by atoms with E-state index in [-0.39, 0.29) is 22.6 Å². The highest BCUT2D eigenvalue weighted by atomic mass is 32.2. The summed E-state index contributed by atoms with van der Waals surface area (Å²) in [6.45, 7) is 3.62. The highest BCUT2D eigenvalue weighted by molar-refractivity contribution is 8.13. The summed E-state index contributed by atoms with van der Waals surface area (Å²) in [5, 5.41) is 33.2. The first kappa shape index (κ1) is 25.4. The van der Waals surface area contributed by atoms with E-state index in [1.54, 1.807) is 31.2 Å². The second-order valence-electron chi connectivity index (χ2n) is 7.61. The Bertz CT molecular complexity index is 1300. The van der Waals surface area contributed by atoms with Gasteiger partial charge in [-0.05, 0) is 54.8 Å². The molecule has 9 heteroatoms. The highest BCUT2D eigenvalue weighted by Crippen LogP contribution is 2.23. The molecule has 0 aromatic heterocycles. The number of nitrogens with one attached hydrogen (secondary N) is 1. The molecular formula is C26H24N4O4S. The quantitative estimate of drug-likeness (QED) is 0.184. The molecule has 3 rings (SSSR count). The van der Waals surface area contributed by atoms with E-state index in [0.29, 0.717) is 34.6 Å². The van der Waals surface area contributed by atoms with Crippen molar-refractivity contribution in [3.63, 3.8) is 0 Å². The van der Waals surface area contributed by atoms with Crippen LogP contribution in [0.4, 0.5) is 0 Å². The van der Waals surface area contributed by atoms with Crippen LogP contribution < -0.4 is 5.43 Å². The lowest BCUT2D eigenvalue weighted by molar-refractivity contribution is 0.111. The normalized spacial score (nSPS) is 11.8. The third kappa shape index (κ3) is 7.12. The standard InChI is InChI=1S/C26H24N4O4S/c1-17-8-20(24(33)22(10-17)14-31)12-27-29-26(35-16-19-6-4-3-5-7-19)30-28-13-21-9-18(2)11-23(15-32)25(21)34/h3-15,33-34H,16H2,1-2H3,(H,29,30)/b27-12-,28-13-. The summed E-state index contributed by atoms with van der Waals surface area (Å²) in [5.41, 5.74) is 6.56. The van der Waals surface area contributed by atoms with Gasteiger partial charge in [0.15, 0.2) is 12.6 Å². The fourth-order valence-corrected chi connectivity index (χ4v) is 3.88. The van der Waals surface area contributed by atoms with Gasteiger partial charge in [-0.15, -0.1) is 5.10 Å². The molecule has 0 atom stereocenters. The number of carbonyl (C=O) groups excluding carboxylic acids is 2. The Morgan fingerprint density at radius 2 is 1.40 bits per heavy atom. The zero-order valence-electron chi connectivity index (χ0n) is 19.2. The Morgan fingerprint density at radius 1 is 0.857 bits per heavy atom. The summed E-state index contributed by atoms with van der Waals surface area (Å²) in [4.78, 5) is 22.3. The second-order valence-corrected chi connectivity index (χ2v) is 8.58. The van der Waals surface area contributed by atoms with Crippen LogP contribution in [0.5, 0.6) is 11.5 Å². The Balaban J connectivity index is 1.83. The van der Waals surface area contributed by atoms with Crippen molar-refractivity contribution in [1.29, 1.82) is 0 Å². The molecule has 0 aliphatic heterocycles. The summed E-state index contributed by atoms with van der Waals surface area (Å²) < 4.78 is 0. The fourth-order valence-electron chi connectivity index (χ4n) is 3.16. The number of phenols is 2. The second kappa shape index (κ2) is 12.3. The Kier molecular flexibility index (Phi) is 8.91. The molecule has 0 heterocycles. The molecule has 0 radical (unpaired) electrons. The van der Waals surface area contributed by atoms with Crippen molar-refractivity contribution in [2.45, 2.75) is 19.6 Å². The minimum atomic E-state index is -0.171. The number of rotatable bonds is 8. The van der Waals surface area contributed by atoms with Crippen molar-refractivity contribution in [3.05, 3.63) is 93.5 Å². The SMILES string of the molecule is Cc1cc(C=O)c(O)c(/C=N\N=C(/N/N=C\c2cc(C)cc(C=O)c2O)SCc2ccccc2)c1. The van der Waals surface area contributed by atoms with Gasteiger partial charge in [0.25, 0.3) is 0 Å². The minimum absolute atomic E-state index is 0.162. The molecule has 3 N–H and O–H groups in total. The molecule has 0 spiro atoms.